The van der Waals surface area contributed by atoms with Gasteiger partial charge in [0.25, 0.3) is 0 Å². The van der Waals surface area contributed by atoms with E-state index in [1.54, 1.807) is 20.8 Å². The number of hydrogen-bond donors (Lipinski definition) is 0. The Hall–Kier alpha value is -1.16. The summed E-state index contributed by atoms with van der Waals surface area (Å²) in [5, 5.41) is 3.65. The molecule has 0 aliphatic carbocycles. The SMILES string of the molecule is CC(C)(C)C(=O)O/N=C\c1cccc(Br)c1. The van der Waals surface area contributed by atoms with Gasteiger partial charge < -0.3 is 4.84 Å². The topological polar surface area (TPSA) is 38.7 Å². The van der Waals surface area contributed by atoms with Crippen LogP contribution in [0.15, 0.2) is 33.9 Å². The van der Waals surface area contributed by atoms with Gasteiger partial charge in [-0.15, -0.1) is 0 Å². The second-order valence-electron chi connectivity index (χ2n) is 4.42. The third-order valence-corrected chi connectivity index (χ3v) is 2.29. The van der Waals surface area contributed by atoms with Crippen molar-refractivity contribution in [1.29, 1.82) is 0 Å². The normalized spacial score (nSPS) is 11.8. The highest BCUT2D eigenvalue weighted by molar-refractivity contribution is 9.10. The molecule has 16 heavy (non-hydrogen) atoms. The maximum absolute atomic E-state index is 11.4. The van der Waals surface area contributed by atoms with Gasteiger partial charge >= 0.3 is 5.97 Å². The lowest BCUT2D eigenvalue weighted by molar-refractivity contribution is -0.152. The molecule has 0 aliphatic heterocycles. The summed E-state index contributed by atoms with van der Waals surface area (Å²) < 4.78 is 0.957. The fourth-order valence-electron chi connectivity index (χ4n) is 0.859. The van der Waals surface area contributed by atoms with Gasteiger partial charge in [-0.25, -0.2) is 4.79 Å². The van der Waals surface area contributed by atoms with Crippen molar-refractivity contribution in [3.63, 3.8) is 0 Å². The summed E-state index contributed by atoms with van der Waals surface area (Å²) in [7, 11) is 0. The molecule has 0 saturated heterocycles. The van der Waals surface area contributed by atoms with Crippen LogP contribution in [0, 0.1) is 5.41 Å². The highest BCUT2D eigenvalue weighted by atomic mass is 79.9. The van der Waals surface area contributed by atoms with E-state index in [9.17, 15) is 4.79 Å². The Morgan fingerprint density at radius 1 is 1.44 bits per heavy atom. The summed E-state index contributed by atoms with van der Waals surface area (Å²) in [6.07, 6.45) is 1.51. The molecule has 4 heteroatoms. The van der Waals surface area contributed by atoms with E-state index in [1.165, 1.54) is 6.21 Å². The predicted molar refractivity (Wildman–Crippen MR) is 67.3 cm³/mol. The number of rotatable bonds is 2. The standard InChI is InChI=1S/C12H14BrNO2/c1-12(2,3)11(15)16-14-8-9-5-4-6-10(13)7-9/h4-8H,1-3H3/b14-8-. The average Bonchev–Trinajstić information content (AvgIpc) is 2.16. The minimum absolute atomic E-state index is 0.348. The van der Waals surface area contributed by atoms with Gasteiger partial charge in [-0.05, 0) is 38.5 Å². The number of oxime groups is 1. The first-order valence-electron chi connectivity index (χ1n) is 4.90. The summed E-state index contributed by atoms with van der Waals surface area (Å²) >= 11 is 3.35. The zero-order chi connectivity index (χ0) is 12.2. The van der Waals surface area contributed by atoms with Crippen LogP contribution in [0.1, 0.15) is 26.3 Å². The first-order chi connectivity index (χ1) is 7.39. The van der Waals surface area contributed by atoms with E-state index in [0.29, 0.717) is 0 Å². The van der Waals surface area contributed by atoms with Crippen molar-refractivity contribution in [1.82, 2.24) is 0 Å². The first-order valence-corrected chi connectivity index (χ1v) is 5.69. The molecule has 0 aromatic heterocycles. The van der Waals surface area contributed by atoms with Crippen LogP contribution in [0.3, 0.4) is 0 Å². The molecule has 0 N–H and O–H groups in total. The molecule has 0 bridgehead atoms. The highest BCUT2D eigenvalue weighted by Gasteiger charge is 2.23. The van der Waals surface area contributed by atoms with E-state index in [1.807, 2.05) is 24.3 Å². The molecule has 0 radical (unpaired) electrons. The molecular formula is C12H14BrNO2. The largest absolute Gasteiger partial charge is 0.340 e. The van der Waals surface area contributed by atoms with Crippen molar-refractivity contribution in [3.05, 3.63) is 34.3 Å². The molecule has 0 heterocycles. The number of carbonyl (C=O) groups excluding carboxylic acids is 1. The average molecular weight is 284 g/mol. The summed E-state index contributed by atoms with van der Waals surface area (Å²) in [5.41, 5.74) is 0.338. The molecule has 0 spiro atoms. The number of halogens is 1. The zero-order valence-corrected chi connectivity index (χ0v) is 11.1. The summed E-state index contributed by atoms with van der Waals surface area (Å²) in [4.78, 5) is 16.1. The quantitative estimate of drug-likeness (QED) is 0.474. The van der Waals surface area contributed by atoms with Crippen molar-refractivity contribution in [2.45, 2.75) is 20.8 Å². The van der Waals surface area contributed by atoms with E-state index < -0.39 is 5.41 Å². The van der Waals surface area contributed by atoms with Gasteiger partial charge in [0, 0.05) is 4.47 Å². The van der Waals surface area contributed by atoms with Gasteiger partial charge in [0.05, 0.1) is 11.6 Å². The fraction of sp³-hybridized carbons (Fsp3) is 0.333. The minimum atomic E-state index is -0.533. The molecule has 1 aromatic carbocycles. The molecule has 0 saturated carbocycles. The Morgan fingerprint density at radius 3 is 2.69 bits per heavy atom. The van der Waals surface area contributed by atoms with Crippen molar-refractivity contribution in [3.8, 4) is 0 Å². The number of carbonyl (C=O) groups is 1. The summed E-state index contributed by atoms with van der Waals surface area (Å²) in [5.74, 6) is -0.348. The van der Waals surface area contributed by atoms with E-state index in [-0.39, 0.29) is 5.97 Å². The lowest BCUT2D eigenvalue weighted by Gasteiger charge is -2.12. The van der Waals surface area contributed by atoms with Gasteiger partial charge in [-0.3, -0.25) is 0 Å². The third-order valence-electron chi connectivity index (χ3n) is 1.80. The molecule has 0 aliphatic rings. The lowest BCUT2D eigenvalue weighted by Crippen LogP contribution is -2.21. The Bertz CT molecular complexity index is 408. The molecule has 0 atom stereocenters. The van der Waals surface area contributed by atoms with Crippen LogP contribution < -0.4 is 0 Å². The highest BCUT2D eigenvalue weighted by Crippen LogP contribution is 2.15. The lowest BCUT2D eigenvalue weighted by atomic mass is 9.98. The van der Waals surface area contributed by atoms with Crippen LogP contribution in [-0.4, -0.2) is 12.2 Å². The van der Waals surface area contributed by atoms with Crippen LogP contribution in [0.4, 0.5) is 0 Å². The van der Waals surface area contributed by atoms with Gasteiger partial charge in [-0.2, -0.15) is 0 Å². The Morgan fingerprint density at radius 2 is 2.12 bits per heavy atom. The summed E-state index contributed by atoms with van der Waals surface area (Å²) in [6.45, 7) is 5.35. The van der Waals surface area contributed by atoms with Crippen LogP contribution in [0.5, 0.6) is 0 Å². The molecule has 0 amide bonds. The number of hydrogen-bond acceptors (Lipinski definition) is 3. The molecule has 3 nitrogen and oxygen atoms in total. The van der Waals surface area contributed by atoms with Crippen molar-refractivity contribution in [2.75, 3.05) is 0 Å². The minimum Gasteiger partial charge on any atom is -0.318 e. The molecule has 0 unspecified atom stereocenters. The maximum Gasteiger partial charge on any atom is 0.340 e. The summed E-state index contributed by atoms with van der Waals surface area (Å²) in [6, 6.07) is 7.56. The van der Waals surface area contributed by atoms with E-state index in [0.717, 1.165) is 10.0 Å². The Kier molecular flexibility index (Phi) is 4.24. The molecule has 1 rings (SSSR count). The molecular weight excluding hydrogens is 270 g/mol. The van der Waals surface area contributed by atoms with Crippen LogP contribution in [-0.2, 0) is 9.63 Å². The van der Waals surface area contributed by atoms with Crippen molar-refractivity contribution in [2.24, 2.45) is 10.6 Å². The van der Waals surface area contributed by atoms with Gasteiger partial charge in [0.2, 0.25) is 0 Å². The predicted octanol–water partition coefficient (Wildman–Crippen LogP) is 3.37. The van der Waals surface area contributed by atoms with E-state index in [2.05, 4.69) is 21.1 Å². The first kappa shape index (κ1) is 12.9. The Labute approximate surface area is 104 Å². The van der Waals surface area contributed by atoms with Gasteiger partial charge in [0.1, 0.15) is 0 Å². The van der Waals surface area contributed by atoms with Crippen LogP contribution in [0.2, 0.25) is 0 Å². The smallest absolute Gasteiger partial charge is 0.318 e. The fourth-order valence-corrected chi connectivity index (χ4v) is 1.28. The van der Waals surface area contributed by atoms with Crippen molar-refractivity contribution >= 4 is 28.1 Å². The second kappa shape index (κ2) is 5.25. The van der Waals surface area contributed by atoms with Crippen molar-refractivity contribution < 1.29 is 9.63 Å². The third kappa shape index (κ3) is 4.14. The maximum atomic E-state index is 11.4. The van der Waals surface area contributed by atoms with E-state index in [4.69, 9.17) is 4.84 Å². The number of benzene rings is 1. The molecule has 1 aromatic rings. The monoisotopic (exact) mass is 283 g/mol. The zero-order valence-electron chi connectivity index (χ0n) is 9.53. The van der Waals surface area contributed by atoms with Gasteiger partial charge in [0.15, 0.2) is 0 Å². The second-order valence-corrected chi connectivity index (χ2v) is 5.33. The number of nitrogens with zero attached hydrogens (tertiary/aromatic N) is 1. The molecule has 0 fully saturated rings. The Balaban J connectivity index is 2.59. The van der Waals surface area contributed by atoms with Crippen LogP contribution >= 0.6 is 15.9 Å². The van der Waals surface area contributed by atoms with Crippen LogP contribution in [0.25, 0.3) is 0 Å². The molecule has 86 valence electrons. The van der Waals surface area contributed by atoms with E-state index >= 15 is 0 Å². The van der Waals surface area contributed by atoms with Gasteiger partial charge in [-0.1, -0.05) is 33.2 Å².